The van der Waals surface area contributed by atoms with Crippen molar-refractivity contribution in [3.05, 3.63) is 29.8 Å². The van der Waals surface area contributed by atoms with Crippen LogP contribution >= 0.6 is 0 Å². The Hall–Kier alpha value is -1.63. The van der Waals surface area contributed by atoms with E-state index < -0.39 is 0 Å². The molecule has 0 aromatic heterocycles. The van der Waals surface area contributed by atoms with Crippen molar-refractivity contribution in [1.82, 2.24) is 10.2 Å². The lowest BCUT2D eigenvalue weighted by Crippen LogP contribution is -2.35. The van der Waals surface area contributed by atoms with E-state index in [1.807, 2.05) is 24.3 Å². The lowest BCUT2D eigenvalue weighted by molar-refractivity contribution is -0.132. The molecular weight excluding hydrogens is 318 g/mol. The molecule has 1 aromatic rings. The van der Waals surface area contributed by atoms with Gasteiger partial charge in [0.05, 0.1) is 6.10 Å². The van der Waals surface area contributed by atoms with Crippen molar-refractivity contribution in [3.8, 4) is 5.75 Å². The van der Waals surface area contributed by atoms with Gasteiger partial charge >= 0.3 is 0 Å². The van der Waals surface area contributed by atoms with E-state index in [1.54, 1.807) is 0 Å². The number of benzene rings is 1. The summed E-state index contributed by atoms with van der Waals surface area (Å²) in [5.74, 6) is 0.746. The van der Waals surface area contributed by atoms with Gasteiger partial charge in [-0.3, -0.25) is 4.79 Å². The van der Waals surface area contributed by atoms with Gasteiger partial charge in [-0.1, -0.05) is 32.0 Å². The molecule has 25 heavy (non-hydrogen) atoms. The van der Waals surface area contributed by atoms with Crippen molar-refractivity contribution in [2.45, 2.75) is 45.4 Å². The maximum atomic E-state index is 12.2. The summed E-state index contributed by atoms with van der Waals surface area (Å²) in [6.45, 7) is 8.76. The molecule has 0 radical (unpaired) electrons. The average molecular weight is 349 g/mol. The first-order valence-corrected chi connectivity index (χ1v) is 9.24. The number of rotatable bonds is 10. The lowest BCUT2D eigenvalue weighted by atomic mass is 10.1. The molecule has 1 saturated heterocycles. The fourth-order valence-corrected chi connectivity index (χ4v) is 2.98. The summed E-state index contributed by atoms with van der Waals surface area (Å²) in [5.41, 5.74) is 6.57. The second-order valence-electron chi connectivity index (χ2n) is 6.26. The zero-order chi connectivity index (χ0) is 18.1. The zero-order valence-electron chi connectivity index (χ0n) is 15.4. The van der Waals surface area contributed by atoms with Crippen LogP contribution in [0.25, 0.3) is 0 Å². The Morgan fingerprint density at radius 3 is 2.76 bits per heavy atom. The van der Waals surface area contributed by atoms with Gasteiger partial charge in [0.1, 0.15) is 18.5 Å². The highest BCUT2D eigenvalue weighted by molar-refractivity contribution is 5.81. The van der Waals surface area contributed by atoms with Crippen LogP contribution in [0, 0.1) is 0 Å². The first-order chi connectivity index (χ1) is 12.2. The second kappa shape index (κ2) is 10.4. The Morgan fingerprint density at radius 2 is 2.08 bits per heavy atom. The van der Waals surface area contributed by atoms with E-state index in [4.69, 9.17) is 15.2 Å². The minimum absolute atomic E-state index is 0.00597. The Morgan fingerprint density at radius 1 is 1.32 bits per heavy atom. The van der Waals surface area contributed by atoms with E-state index in [-0.39, 0.29) is 18.1 Å². The molecule has 0 spiro atoms. The number of nitrogens with two attached hydrogens (primary N) is 1. The van der Waals surface area contributed by atoms with Crippen LogP contribution in [0.5, 0.6) is 5.75 Å². The quantitative estimate of drug-likeness (QED) is 0.670. The molecule has 1 aromatic carbocycles. The molecule has 2 atom stereocenters. The van der Waals surface area contributed by atoms with Crippen molar-refractivity contribution in [2.75, 3.05) is 32.8 Å². The predicted octanol–water partition coefficient (Wildman–Crippen LogP) is 1.53. The van der Waals surface area contributed by atoms with E-state index in [2.05, 4.69) is 24.1 Å². The molecule has 0 bridgehead atoms. The van der Waals surface area contributed by atoms with Crippen LogP contribution in [0.3, 0.4) is 0 Å². The first-order valence-electron chi connectivity index (χ1n) is 9.24. The Balaban J connectivity index is 1.82. The molecule has 1 amide bonds. The first kappa shape index (κ1) is 19.7. The molecule has 0 aliphatic carbocycles. The van der Waals surface area contributed by atoms with E-state index >= 15 is 0 Å². The van der Waals surface area contributed by atoms with Gasteiger partial charge in [-0.05, 0) is 32.0 Å². The third kappa shape index (κ3) is 5.99. The molecule has 140 valence electrons. The summed E-state index contributed by atoms with van der Waals surface area (Å²) in [6, 6.07) is 7.82. The number of ether oxygens (including phenoxy) is 2. The maximum absolute atomic E-state index is 12.2. The topological polar surface area (TPSA) is 76.8 Å². The van der Waals surface area contributed by atoms with E-state index in [0.717, 1.165) is 43.8 Å². The standard InChI is InChI=1S/C19H31N3O3/c1-3-22(4-2)11-12-24-17-8-6-5-7-15(17)14-21-19(23)18-10-9-16(13-20)25-18/h5-8,16,18H,3-4,9-14,20H2,1-2H3,(H,21,23)/t16-,18+/m1/s1. The summed E-state index contributed by atoms with van der Waals surface area (Å²) >= 11 is 0. The molecule has 6 heteroatoms. The summed E-state index contributed by atoms with van der Waals surface area (Å²) < 4.78 is 11.6. The molecule has 0 unspecified atom stereocenters. The Kier molecular flexibility index (Phi) is 8.18. The zero-order valence-corrected chi connectivity index (χ0v) is 15.4. The third-order valence-electron chi connectivity index (χ3n) is 4.65. The van der Waals surface area contributed by atoms with Crippen LogP contribution in [0.15, 0.2) is 24.3 Å². The molecule has 6 nitrogen and oxygen atoms in total. The number of amides is 1. The molecule has 3 N–H and O–H groups in total. The highest BCUT2D eigenvalue weighted by Gasteiger charge is 2.29. The normalized spacial score (nSPS) is 20.0. The van der Waals surface area contributed by atoms with Crippen LogP contribution in [-0.2, 0) is 16.1 Å². The molecule has 1 fully saturated rings. The molecule has 1 aliphatic heterocycles. The number of likely N-dealkylation sites (N-methyl/N-ethyl adjacent to an activating group) is 1. The molecule has 0 saturated carbocycles. The van der Waals surface area contributed by atoms with E-state index in [9.17, 15) is 4.79 Å². The van der Waals surface area contributed by atoms with Crippen LogP contribution in [0.1, 0.15) is 32.3 Å². The fraction of sp³-hybridized carbons (Fsp3) is 0.632. The molecule has 1 heterocycles. The van der Waals surface area contributed by atoms with Gasteiger partial charge in [0.25, 0.3) is 0 Å². The number of hydrogen-bond acceptors (Lipinski definition) is 5. The Labute approximate surface area is 150 Å². The number of carbonyl (C=O) groups excluding carboxylic acids is 1. The Bertz CT molecular complexity index is 534. The van der Waals surface area contributed by atoms with Gasteiger partial charge in [0.2, 0.25) is 5.91 Å². The van der Waals surface area contributed by atoms with Crippen molar-refractivity contribution < 1.29 is 14.3 Å². The number of carbonyl (C=O) groups is 1. The largest absolute Gasteiger partial charge is 0.492 e. The van der Waals surface area contributed by atoms with Gasteiger partial charge in [0, 0.05) is 25.2 Å². The van der Waals surface area contributed by atoms with Gasteiger partial charge in [-0.2, -0.15) is 0 Å². The van der Waals surface area contributed by atoms with Gasteiger partial charge in [-0.25, -0.2) is 0 Å². The SMILES string of the molecule is CCN(CC)CCOc1ccccc1CNC(=O)[C@@H]1CC[C@H](CN)O1. The number of hydrogen-bond donors (Lipinski definition) is 2. The number of nitrogens with one attached hydrogen (secondary N) is 1. The smallest absolute Gasteiger partial charge is 0.249 e. The number of nitrogens with zero attached hydrogens (tertiary/aromatic N) is 1. The third-order valence-corrected chi connectivity index (χ3v) is 4.65. The fourth-order valence-electron chi connectivity index (χ4n) is 2.98. The van der Waals surface area contributed by atoms with Crippen LogP contribution in [0.2, 0.25) is 0 Å². The summed E-state index contributed by atoms with van der Waals surface area (Å²) in [7, 11) is 0. The summed E-state index contributed by atoms with van der Waals surface area (Å²) in [5, 5.41) is 2.95. The average Bonchev–Trinajstić information content (AvgIpc) is 3.13. The van der Waals surface area contributed by atoms with Gasteiger partial charge in [-0.15, -0.1) is 0 Å². The number of para-hydroxylation sites is 1. The van der Waals surface area contributed by atoms with E-state index in [0.29, 0.717) is 19.7 Å². The van der Waals surface area contributed by atoms with Gasteiger partial charge < -0.3 is 25.4 Å². The van der Waals surface area contributed by atoms with Crippen LogP contribution in [0.4, 0.5) is 0 Å². The minimum atomic E-state index is -0.385. The molecular formula is C19H31N3O3. The van der Waals surface area contributed by atoms with Crippen molar-refractivity contribution in [2.24, 2.45) is 5.73 Å². The maximum Gasteiger partial charge on any atom is 0.249 e. The highest BCUT2D eigenvalue weighted by atomic mass is 16.5. The molecule has 2 rings (SSSR count). The summed E-state index contributed by atoms with van der Waals surface area (Å²) in [6.07, 6.45) is 1.20. The summed E-state index contributed by atoms with van der Waals surface area (Å²) in [4.78, 5) is 14.6. The monoisotopic (exact) mass is 349 g/mol. The lowest BCUT2D eigenvalue weighted by Gasteiger charge is -2.19. The van der Waals surface area contributed by atoms with Crippen molar-refractivity contribution in [3.63, 3.8) is 0 Å². The van der Waals surface area contributed by atoms with Crippen LogP contribution in [-0.4, -0.2) is 55.8 Å². The van der Waals surface area contributed by atoms with Crippen molar-refractivity contribution >= 4 is 5.91 Å². The molecule has 1 aliphatic rings. The minimum Gasteiger partial charge on any atom is -0.492 e. The van der Waals surface area contributed by atoms with Crippen LogP contribution < -0.4 is 15.8 Å². The highest BCUT2D eigenvalue weighted by Crippen LogP contribution is 2.20. The van der Waals surface area contributed by atoms with Crippen molar-refractivity contribution in [1.29, 1.82) is 0 Å². The second-order valence-corrected chi connectivity index (χ2v) is 6.26. The van der Waals surface area contributed by atoms with Gasteiger partial charge in [0.15, 0.2) is 0 Å². The predicted molar refractivity (Wildman–Crippen MR) is 98.5 cm³/mol. The van der Waals surface area contributed by atoms with E-state index in [1.165, 1.54) is 0 Å².